The zero-order valence-corrected chi connectivity index (χ0v) is 10.4. The molecule has 0 saturated heterocycles. The molecule has 0 aliphatic heterocycles. The fourth-order valence-electron chi connectivity index (χ4n) is 2.21. The Morgan fingerprint density at radius 2 is 1.94 bits per heavy atom. The number of hydrogen-bond donors (Lipinski definition) is 2. The summed E-state index contributed by atoms with van der Waals surface area (Å²) in [5.74, 6) is 0. The Labute approximate surface area is 99.6 Å². The molecule has 1 fully saturated rings. The molecule has 1 aromatic rings. The van der Waals surface area contributed by atoms with Gasteiger partial charge < -0.3 is 5.73 Å². The van der Waals surface area contributed by atoms with Crippen molar-refractivity contribution in [3.63, 3.8) is 0 Å². The van der Waals surface area contributed by atoms with E-state index in [1.807, 2.05) is 0 Å². The summed E-state index contributed by atoms with van der Waals surface area (Å²) in [5.41, 5.74) is 6.49. The van der Waals surface area contributed by atoms with E-state index in [1.54, 1.807) is 13.8 Å². The van der Waals surface area contributed by atoms with Gasteiger partial charge >= 0.3 is 0 Å². The van der Waals surface area contributed by atoms with Crippen LogP contribution in [0.2, 0.25) is 0 Å². The predicted octanol–water partition coefficient (Wildman–Crippen LogP) is 0.282. The molecule has 5 heteroatoms. The number of hydrogen-bond acceptors (Lipinski definition) is 3. The van der Waals surface area contributed by atoms with Gasteiger partial charge in [0.15, 0.2) is 0 Å². The summed E-state index contributed by atoms with van der Waals surface area (Å²) in [6.45, 7) is 4.59. The fraction of sp³-hybridized carbons (Fsp3) is 0.667. The topological polar surface area (TPSA) is 80.9 Å². The van der Waals surface area contributed by atoms with E-state index in [-0.39, 0.29) is 16.5 Å². The molecule has 2 rings (SSSR count). The SMILES string of the molecule is Cc1c(C)c(=O)n(CC2(CCN)CC2)[nH]c1=O. The van der Waals surface area contributed by atoms with E-state index in [1.165, 1.54) is 4.68 Å². The summed E-state index contributed by atoms with van der Waals surface area (Å²) in [4.78, 5) is 23.7. The molecule has 0 unspecified atom stereocenters. The van der Waals surface area contributed by atoms with E-state index in [0.717, 1.165) is 19.3 Å². The van der Waals surface area contributed by atoms with Gasteiger partial charge in [-0.05, 0) is 45.1 Å². The second-order valence-electron chi connectivity index (χ2n) is 5.12. The van der Waals surface area contributed by atoms with Crippen LogP contribution in [0.15, 0.2) is 9.59 Å². The average molecular weight is 237 g/mol. The molecule has 0 spiro atoms. The summed E-state index contributed by atoms with van der Waals surface area (Å²) < 4.78 is 1.45. The van der Waals surface area contributed by atoms with Crippen LogP contribution < -0.4 is 16.9 Å². The van der Waals surface area contributed by atoms with Crippen LogP contribution in [0.5, 0.6) is 0 Å². The maximum absolute atomic E-state index is 12.0. The minimum Gasteiger partial charge on any atom is -0.330 e. The number of aromatic nitrogens is 2. The second-order valence-corrected chi connectivity index (χ2v) is 5.12. The van der Waals surface area contributed by atoms with Crippen LogP contribution >= 0.6 is 0 Å². The molecular formula is C12H19N3O2. The van der Waals surface area contributed by atoms with Gasteiger partial charge in [0.2, 0.25) is 0 Å². The third-order valence-corrected chi connectivity index (χ3v) is 3.83. The molecule has 1 saturated carbocycles. The first kappa shape index (κ1) is 12.1. The van der Waals surface area contributed by atoms with Gasteiger partial charge in [0.25, 0.3) is 11.1 Å². The minimum atomic E-state index is -0.175. The molecule has 0 atom stereocenters. The smallest absolute Gasteiger partial charge is 0.268 e. The van der Waals surface area contributed by atoms with Crippen LogP contribution in [0.25, 0.3) is 0 Å². The van der Waals surface area contributed by atoms with Crippen LogP contribution in [0.4, 0.5) is 0 Å². The first-order valence-corrected chi connectivity index (χ1v) is 5.99. The molecule has 1 aliphatic rings. The maximum Gasteiger partial charge on any atom is 0.268 e. The normalized spacial score (nSPS) is 17.1. The van der Waals surface area contributed by atoms with Gasteiger partial charge in [0, 0.05) is 17.7 Å². The molecule has 0 radical (unpaired) electrons. The van der Waals surface area contributed by atoms with E-state index in [0.29, 0.717) is 24.2 Å². The van der Waals surface area contributed by atoms with E-state index in [2.05, 4.69) is 5.10 Å². The van der Waals surface area contributed by atoms with Crippen LogP contribution in [-0.2, 0) is 6.54 Å². The zero-order valence-electron chi connectivity index (χ0n) is 10.4. The lowest BCUT2D eigenvalue weighted by Gasteiger charge is -2.16. The number of rotatable bonds is 4. The highest BCUT2D eigenvalue weighted by molar-refractivity contribution is 5.17. The lowest BCUT2D eigenvalue weighted by Crippen LogP contribution is -2.35. The molecule has 0 amide bonds. The molecule has 17 heavy (non-hydrogen) atoms. The Morgan fingerprint density at radius 1 is 1.29 bits per heavy atom. The number of nitrogens with one attached hydrogen (secondary N) is 1. The Morgan fingerprint density at radius 3 is 2.47 bits per heavy atom. The summed E-state index contributed by atoms with van der Waals surface area (Å²) >= 11 is 0. The van der Waals surface area contributed by atoms with Gasteiger partial charge in [-0.25, -0.2) is 4.68 Å². The quantitative estimate of drug-likeness (QED) is 0.789. The summed E-state index contributed by atoms with van der Waals surface area (Å²) in [5, 5.41) is 2.65. The molecule has 3 N–H and O–H groups in total. The maximum atomic E-state index is 12.0. The minimum absolute atomic E-state index is 0.0922. The monoisotopic (exact) mass is 237 g/mol. The Bertz CT molecular complexity index is 538. The van der Waals surface area contributed by atoms with Crippen molar-refractivity contribution >= 4 is 0 Å². The van der Waals surface area contributed by atoms with Crippen LogP contribution in [0, 0.1) is 19.3 Å². The molecule has 5 nitrogen and oxygen atoms in total. The highest BCUT2D eigenvalue weighted by atomic mass is 16.2. The van der Waals surface area contributed by atoms with Gasteiger partial charge in [-0.3, -0.25) is 14.7 Å². The van der Waals surface area contributed by atoms with Crippen LogP contribution in [0.1, 0.15) is 30.4 Å². The van der Waals surface area contributed by atoms with E-state index < -0.39 is 0 Å². The second kappa shape index (κ2) is 4.14. The van der Waals surface area contributed by atoms with Gasteiger partial charge in [-0.2, -0.15) is 0 Å². The summed E-state index contributed by atoms with van der Waals surface area (Å²) in [6, 6.07) is 0. The number of nitrogens with two attached hydrogens (primary N) is 1. The largest absolute Gasteiger partial charge is 0.330 e. The predicted molar refractivity (Wildman–Crippen MR) is 66.1 cm³/mol. The molecule has 1 aromatic heterocycles. The lowest BCUT2D eigenvalue weighted by atomic mass is 10.0. The van der Waals surface area contributed by atoms with Gasteiger partial charge in [0.05, 0.1) is 0 Å². The van der Waals surface area contributed by atoms with E-state index >= 15 is 0 Å². The Hall–Kier alpha value is -1.36. The zero-order chi connectivity index (χ0) is 12.6. The Balaban J connectivity index is 2.35. The molecule has 94 valence electrons. The van der Waals surface area contributed by atoms with Crippen molar-refractivity contribution in [1.29, 1.82) is 0 Å². The van der Waals surface area contributed by atoms with Crippen molar-refractivity contribution in [1.82, 2.24) is 9.78 Å². The third kappa shape index (κ3) is 2.20. The highest BCUT2D eigenvalue weighted by Gasteiger charge is 2.42. The van der Waals surface area contributed by atoms with Gasteiger partial charge in [-0.15, -0.1) is 0 Å². The standard InChI is InChI=1S/C12H19N3O2/c1-8-9(2)11(17)15(14-10(8)16)7-12(3-4-12)5-6-13/h3-7,13H2,1-2H3,(H,14,16). The van der Waals surface area contributed by atoms with Gasteiger partial charge in [-0.1, -0.05) is 0 Å². The van der Waals surface area contributed by atoms with Crippen molar-refractivity contribution in [2.24, 2.45) is 11.1 Å². The van der Waals surface area contributed by atoms with Crippen LogP contribution in [0.3, 0.4) is 0 Å². The lowest BCUT2D eigenvalue weighted by molar-refractivity contribution is 0.362. The average Bonchev–Trinajstić information content (AvgIpc) is 3.03. The van der Waals surface area contributed by atoms with Crippen molar-refractivity contribution in [3.05, 3.63) is 31.8 Å². The molecule has 0 bridgehead atoms. The number of nitrogens with zero attached hydrogens (tertiary/aromatic N) is 1. The first-order chi connectivity index (χ1) is 7.99. The first-order valence-electron chi connectivity index (χ1n) is 5.99. The van der Waals surface area contributed by atoms with Crippen molar-refractivity contribution in [3.8, 4) is 0 Å². The van der Waals surface area contributed by atoms with Crippen LogP contribution in [-0.4, -0.2) is 16.3 Å². The number of H-pyrrole nitrogens is 1. The van der Waals surface area contributed by atoms with Crippen molar-refractivity contribution in [2.75, 3.05) is 6.54 Å². The summed E-state index contributed by atoms with van der Waals surface area (Å²) in [7, 11) is 0. The molecule has 1 aliphatic carbocycles. The molecular weight excluding hydrogens is 218 g/mol. The number of aromatic amines is 1. The highest BCUT2D eigenvalue weighted by Crippen LogP contribution is 2.49. The van der Waals surface area contributed by atoms with Crippen molar-refractivity contribution in [2.45, 2.75) is 39.7 Å². The third-order valence-electron chi connectivity index (χ3n) is 3.83. The van der Waals surface area contributed by atoms with E-state index in [4.69, 9.17) is 5.73 Å². The molecule has 1 heterocycles. The summed E-state index contributed by atoms with van der Waals surface area (Å²) in [6.07, 6.45) is 3.09. The Kier molecular flexibility index (Phi) is 2.95. The van der Waals surface area contributed by atoms with Gasteiger partial charge in [0.1, 0.15) is 0 Å². The fourth-order valence-corrected chi connectivity index (χ4v) is 2.21. The van der Waals surface area contributed by atoms with Crippen molar-refractivity contribution < 1.29 is 0 Å². The van der Waals surface area contributed by atoms with E-state index in [9.17, 15) is 9.59 Å². The molecule has 0 aromatic carbocycles.